The molecule has 0 N–H and O–H groups in total. The number of nitrogens with zero attached hydrogens (tertiary/aromatic N) is 1. The van der Waals surface area contributed by atoms with E-state index in [-0.39, 0.29) is 29.2 Å². The van der Waals surface area contributed by atoms with Crippen LogP contribution in [-0.2, 0) is 10.6 Å². The average Bonchev–Trinajstić information content (AvgIpc) is 2.27. The Labute approximate surface area is 97.4 Å². The molecule has 3 nitrogen and oxygen atoms in total. The Kier molecular flexibility index (Phi) is 4.27. The van der Waals surface area contributed by atoms with Gasteiger partial charge in [0, 0.05) is 5.88 Å². The highest BCUT2D eigenvalue weighted by Gasteiger charge is 2.18. The highest BCUT2D eigenvalue weighted by molar-refractivity contribution is 6.17. The minimum Gasteiger partial charge on any atom is -0.462 e. The molecule has 84 valence electrons. The predicted octanol–water partition coefficient (Wildman–Crippen LogP) is 2.61. The van der Waals surface area contributed by atoms with Gasteiger partial charge in [-0.3, -0.25) is 0 Å². The van der Waals surface area contributed by atoms with Crippen molar-refractivity contribution in [3.05, 3.63) is 34.6 Å². The van der Waals surface area contributed by atoms with E-state index in [0.717, 1.165) is 6.07 Å². The molecule has 1 aromatic carbocycles. The molecule has 0 radical (unpaired) electrons. The van der Waals surface area contributed by atoms with Crippen molar-refractivity contribution in [3.8, 4) is 6.07 Å². The summed E-state index contributed by atoms with van der Waals surface area (Å²) in [6, 6.07) is 4.16. The molecule has 0 aliphatic heterocycles. The normalized spacial score (nSPS) is 9.62. The quantitative estimate of drug-likeness (QED) is 0.604. The zero-order valence-electron chi connectivity index (χ0n) is 8.59. The van der Waals surface area contributed by atoms with Gasteiger partial charge in [0.15, 0.2) is 0 Å². The number of ether oxygens (including phenoxy) is 1. The van der Waals surface area contributed by atoms with E-state index in [2.05, 4.69) is 0 Å². The molecule has 0 bridgehead atoms. The fraction of sp³-hybridized carbons (Fsp3) is 0.273. The van der Waals surface area contributed by atoms with E-state index in [1.165, 1.54) is 6.07 Å². The van der Waals surface area contributed by atoms with E-state index in [1.807, 2.05) is 0 Å². The van der Waals surface area contributed by atoms with Gasteiger partial charge in [0.05, 0.1) is 23.8 Å². The lowest BCUT2D eigenvalue weighted by Gasteiger charge is -2.08. The van der Waals surface area contributed by atoms with Gasteiger partial charge in [0.25, 0.3) is 0 Å². The Morgan fingerprint density at radius 3 is 2.81 bits per heavy atom. The van der Waals surface area contributed by atoms with Crippen molar-refractivity contribution in [2.24, 2.45) is 0 Å². The van der Waals surface area contributed by atoms with Crippen molar-refractivity contribution < 1.29 is 13.9 Å². The number of alkyl halides is 1. The minimum atomic E-state index is -0.784. The number of esters is 1. The number of carbonyl (C=O) groups is 1. The Morgan fingerprint density at radius 2 is 2.31 bits per heavy atom. The van der Waals surface area contributed by atoms with Crippen LogP contribution in [-0.4, -0.2) is 12.6 Å². The molecule has 16 heavy (non-hydrogen) atoms. The molecular weight excluding hydrogens is 233 g/mol. The average molecular weight is 242 g/mol. The molecule has 0 amide bonds. The molecule has 0 unspecified atom stereocenters. The number of nitriles is 1. The molecule has 5 heteroatoms. The van der Waals surface area contributed by atoms with Gasteiger partial charge in [-0.1, -0.05) is 0 Å². The molecule has 0 heterocycles. The lowest BCUT2D eigenvalue weighted by atomic mass is 10.0. The second-order valence-electron chi connectivity index (χ2n) is 2.96. The first-order valence-corrected chi connectivity index (χ1v) is 5.13. The number of benzene rings is 1. The van der Waals surface area contributed by atoms with Gasteiger partial charge < -0.3 is 4.74 Å². The number of rotatable bonds is 3. The van der Waals surface area contributed by atoms with E-state index >= 15 is 0 Å². The molecule has 0 aromatic heterocycles. The van der Waals surface area contributed by atoms with Crippen LogP contribution >= 0.6 is 11.6 Å². The lowest BCUT2D eigenvalue weighted by molar-refractivity contribution is 0.0520. The zero-order valence-corrected chi connectivity index (χ0v) is 9.34. The first kappa shape index (κ1) is 12.5. The fourth-order valence-corrected chi connectivity index (χ4v) is 1.48. The topological polar surface area (TPSA) is 50.1 Å². The van der Waals surface area contributed by atoms with Crippen LogP contribution in [0.3, 0.4) is 0 Å². The van der Waals surface area contributed by atoms with E-state index in [1.54, 1.807) is 13.0 Å². The smallest absolute Gasteiger partial charge is 0.341 e. The predicted molar refractivity (Wildman–Crippen MR) is 56.6 cm³/mol. The van der Waals surface area contributed by atoms with Crippen molar-refractivity contribution >= 4 is 17.6 Å². The molecule has 0 saturated heterocycles. The molecule has 1 rings (SSSR count). The summed E-state index contributed by atoms with van der Waals surface area (Å²) in [7, 11) is 0. The fourth-order valence-electron chi connectivity index (χ4n) is 1.27. The van der Waals surface area contributed by atoms with Crippen LogP contribution in [0.5, 0.6) is 0 Å². The Morgan fingerprint density at radius 1 is 1.62 bits per heavy atom. The van der Waals surface area contributed by atoms with Gasteiger partial charge >= 0.3 is 5.97 Å². The van der Waals surface area contributed by atoms with Crippen LogP contribution in [0, 0.1) is 17.1 Å². The van der Waals surface area contributed by atoms with Crippen LogP contribution in [0.15, 0.2) is 12.1 Å². The van der Waals surface area contributed by atoms with Crippen LogP contribution in [0.25, 0.3) is 0 Å². The van der Waals surface area contributed by atoms with E-state index in [4.69, 9.17) is 21.6 Å². The third-order valence-electron chi connectivity index (χ3n) is 1.92. The summed E-state index contributed by atoms with van der Waals surface area (Å²) in [5.74, 6) is -1.60. The van der Waals surface area contributed by atoms with Crippen LogP contribution in [0.2, 0.25) is 0 Å². The maximum Gasteiger partial charge on any atom is 0.341 e. The van der Waals surface area contributed by atoms with E-state index < -0.39 is 11.8 Å². The van der Waals surface area contributed by atoms with Gasteiger partial charge in [-0.25, -0.2) is 9.18 Å². The standard InChI is InChI=1S/C11H9ClFNO2/c1-2-16-11(15)10-8(5-12)3-7(6-14)4-9(10)13/h3-4H,2,5H2,1H3. The summed E-state index contributed by atoms with van der Waals surface area (Å²) >= 11 is 5.59. The summed E-state index contributed by atoms with van der Waals surface area (Å²) in [5, 5.41) is 8.64. The Bertz CT molecular complexity index is 454. The van der Waals surface area contributed by atoms with E-state index in [9.17, 15) is 9.18 Å². The van der Waals surface area contributed by atoms with Crippen molar-refractivity contribution in [2.45, 2.75) is 12.8 Å². The molecule has 1 aromatic rings. The molecule has 0 spiro atoms. The Balaban J connectivity index is 3.28. The van der Waals surface area contributed by atoms with Crippen molar-refractivity contribution in [1.82, 2.24) is 0 Å². The molecular formula is C11H9ClFNO2. The van der Waals surface area contributed by atoms with Crippen LogP contribution in [0.1, 0.15) is 28.4 Å². The first-order valence-electron chi connectivity index (χ1n) is 4.59. The van der Waals surface area contributed by atoms with Crippen LogP contribution in [0.4, 0.5) is 4.39 Å². The van der Waals surface area contributed by atoms with Gasteiger partial charge in [0.1, 0.15) is 5.82 Å². The SMILES string of the molecule is CCOC(=O)c1c(F)cc(C#N)cc1CCl. The van der Waals surface area contributed by atoms with Crippen molar-refractivity contribution in [2.75, 3.05) is 6.61 Å². The molecule has 0 aliphatic rings. The largest absolute Gasteiger partial charge is 0.462 e. The van der Waals surface area contributed by atoms with Gasteiger partial charge in [-0.15, -0.1) is 11.6 Å². The summed E-state index contributed by atoms with van der Waals surface area (Å²) in [6.45, 7) is 1.78. The summed E-state index contributed by atoms with van der Waals surface area (Å²) in [4.78, 5) is 11.4. The van der Waals surface area contributed by atoms with Crippen LogP contribution < -0.4 is 0 Å². The molecule has 0 fully saturated rings. The maximum absolute atomic E-state index is 13.5. The van der Waals surface area contributed by atoms with Crippen molar-refractivity contribution in [1.29, 1.82) is 5.26 Å². The number of carbonyl (C=O) groups excluding carboxylic acids is 1. The summed E-state index contributed by atoms with van der Waals surface area (Å²) in [6.07, 6.45) is 0. The number of hydrogen-bond donors (Lipinski definition) is 0. The van der Waals surface area contributed by atoms with Gasteiger partial charge in [-0.05, 0) is 24.6 Å². The zero-order chi connectivity index (χ0) is 12.1. The van der Waals surface area contributed by atoms with Crippen molar-refractivity contribution in [3.63, 3.8) is 0 Å². The molecule has 0 saturated carbocycles. The second-order valence-corrected chi connectivity index (χ2v) is 3.23. The van der Waals surface area contributed by atoms with E-state index in [0.29, 0.717) is 0 Å². The number of hydrogen-bond acceptors (Lipinski definition) is 3. The lowest BCUT2D eigenvalue weighted by Crippen LogP contribution is -2.10. The summed E-state index contributed by atoms with van der Waals surface area (Å²) < 4.78 is 18.3. The highest BCUT2D eigenvalue weighted by atomic mass is 35.5. The van der Waals surface area contributed by atoms with Gasteiger partial charge in [-0.2, -0.15) is 5.26 Å². The highest BCUT2D eigenvalue weighted by Crippen LogP contribution is 2.19. The molecule has 0 aliphatic carbocycles. The third kappa shape index (κ3) is 2.50. The minimum absolute atomic E-state index is 0.0550. The Hall–Kier alpha value is -1.60. The third-order valence-corrected chi connectivity index (χ3v) is 2.21. The number of halogens is 2. The maximum atomic E-state index is 13.5. The molecule has 0 atom stereocenters. The van der Waals surface area contributed by atoms with Gasteiger partial charge in [0.2, 0.25) is 0 Å². The second kappa shape index (κ2) is 5.47. The summed E-state index contributed by atoms with van der Waals surface area (Å²) in [5.41, 5.74) is 0.189. The first-order chi connectivity index (χ1) is 7.63. The monoisotopic (exact) mass is 241 g/mol.